The minimum absolute atomic E-state index is 0.134. The molecule has 4 aromatic rings. The first-order chi connectivity index (χ1) is 16.6. The lowest BCUT2D eigenvalue weighted by Crippen LogP contribution is -2.58. The smallest absolute Gasteiger partial charge is 0.255 e. The molecule has 0 saturated carbocycles. The third-order valence-corrected chi connectivity index (χ3v) is 7.15. The highest BCUT2D eigenvalue weighted by Gasteiger charge is 2.39. The number of amides is 1. The maximum atomic E-state index is 13.0. The van der Waals surface area contributed by atoms with Gasteiger partial charge in [-0.1, -0.05) is 23.4 Å². The molecule has 2 aliphatic heterocycles. The van der Waals surface area contributed by atoms with Gasteiger partial charge in [-0.2, -0.15) is 0 Å². The van der Waals surface area contributed by atoms with E-state index < -0.39 is 0 Å². The molecule has 0 bridgehead atoms. The van der Waals surface area contributed by atoms with Crippen LogP contribution in [0.1, 0.15) is 23.2 Å². The number of aryl methyl sites for hydroxylation is 1. The number of anilines is 2. The molecule has 34 heavy (non-hydrogen) atoms. The SMILES string of the molecule is Cn1cc(-c2ccc3ccc(NC(=O)c4ccnc(N5CCC6(CC5)CNC6)c4)cc3c2)nn1. The van der Waals surface area contributed by atoms with Crippen LogP contribution in [0.15, 0.2) is 60.9 Å². The second-order valence-corrected chi connectivity index (χ2v) is 9.50. The number of aromatic nitrogens is 4. The molecule has 2 aromatic carbocycles. The minimum atomic E-state index is -0.134. The maximum absolute atomic E-state index is 13.0. The molecule has 1 amide bonds. The van der Waals surface area contributed by atoms with E-state index in [9.17, 15) is 4.79 Å². The van der Waals surface area contributed by atoms with Crippen molar-refractivity contribution in [2.45, 2.75) is 12.8 Å². The highest BCUT2D eigenvalue weighted by Crippen LogP contribution is 2.36. The lowest BCUT2D eigenvalue weighted by Gasteiger charge is -2.48. The largest absolute Gasteiger partial charge is 0.357 e. The predicted octanol–water partition coefficient (Wildman–Crippen LogP) is 3.47. The quantitative estimate of drug-likeness (QED) is 0.492. The Morgan fingerprint density at radius 3 is 2.59 bits per heavy atom. The fourth-order valence-corrected chi connectivity index (χ4v) is 4.94. The summed E-state index contributed by atoms with van der Waals surface area (Å²) in [6.07, 6.45) is 5.96. The Balaban J connectivity index is 1.19. The van der Waals surface area contributed by atoms with Gasteiger partial charge in [-0.3, -0.25) is 9.48 Å². The van der Waals surface area contributed by atoms with Crippen molar-refractivity contribution >= 4 is 28.2 Å². The number of rotatable bonds is 4. The first-order valence-electron chi connectivity index (χ1n) is 11.7. The van der Waals surface area contributed by atoms with Crippen LogP contribution in [0, 0.1) is 5.41 Å². The Labute approximate surface area is 198 Å². The lowest BCUT2D eigenvalue weighted by molar-refractivity contribution is 0.102. The zero-order valence-corrected chi connectivity index (χ0v) is 19.2. The number of carbonyl (C=O) groups excluding carboxylic acids is 1. The number of hydrogen-bond acceptors (Lipinski definition) is 6. The molecule has 0 unspecified atom stereocenters. The summed E-state index contributed by atoms with van der Waals surface area (Å²) in [5.41, 5.74) is 3.66. The fraction of sp³-hybridized carbons (Fsp3) is 0.308. The van der Waals surface area contributed by atoms with Crippen molar-refractivity contribution in [1.82, 2.24) is 25.3 Å². The van der Waals surface area contributed by atoms with E-state index in [1.807, 2.05) is 43.6 Å². The van der Waals surface area contributed by atoms with Crippen LogP contribution in [0.2, 0.25) is 0 Å². The monoisotopic (exact) mass is 453 g/mol. The molecule has 0 aliphatic carbocycles. The lowest BCUT2D eigenvalue weighted by atomic mass is 9.73. The molecule has 0 radical (unpaired) electrons. The fourth-order valence-electron chi connectivity index (χ4n) is 4.94. The molecule has 6 rings (SSSR count). The summed E-state index contributed by atoms with van der Waals surface area (Å²) in [4.78, 5) is 19.9. The summed E-state index contributed by atoms with van der Waals surface area (Å²) < 4.78 is 1.69. The van der Waals surface area contributed by atoms with E-state index in [2.05, 4.69) is 43.0 Å². The second-order valence-electron chi connectivity index (χ2n) is 9.50. The molecule has 0 atom stereocenters. The number of hydrogen-bond donors (Lipinski definition) is 2. The van der Waals surface area contributed by atoms with Crippen LogP contribution in [0.25, 0.3) is 22.0 Å². The van der Waals surface area contributed by atoms with Crippen molar-refractivity contribution < 1.29 is 4.79 Å². The number of pyridine rings is 1. The molecule has 1 spiro atoms. The zero-order chi connectivity index (χ0) is 23.1. The maximum Gasteiger partial charge on any atom is 0.255 e. The Morgan fingerprint density at radius 1 is 1.03 bits per heavy atom. The first-order valence-corrected chi connectivity index (χ1v) is 11.7. The molecule has 172 valence electrons. The molecular weight excluding hydrogens is 426 g/mol. The Kier molecular flexibility index (Phi) is 5.03. The Bertz CT molecular complexity index is 1360. The van der Waals surface area contributed by atoms with Crippen LogP contribution in [0.4, 0.5) is 11.5 Å². The first kappa shape index (κ1) is 20.8. The van der Waals surface area contributed by atoms with Gasteiger partial charge >= 0.3 is 0 Å². The van der Waals surface area contributed by atoms with Crippen molar-refractivity contribution in [3.8, 4) is 11.3 Å². The van der Waals surface area contributed by atoms with Gasteiger partial charge in [0.2, 0.25) is 0 Å². The minimum Gasteiger partial charge on any atom is -0.357 e. The van der Waals surface area contributed by atoms with Crippen molar-refractivity contribution in [2.75, 3.05) is 36.4 Å². The van der Waals surface area contributed by atoms with Crippen LogP contribution in [0.5, 0.6) is 0 Å². The predicted molar refractivity (Wildman–Crippen MR) is 133 cm³/mol. The number of nitrogens with zero attached hydrogens (tertiary/aromatic N) is 5. The summed E-state index contributed by atoms with van der Waals surface area (Å²) >= 11 is 0. The van der Waals surface area contributed by atoms with Gasteiger partial charge in [-0.15, -0.1) is 5.10 Å². The summed E-state index contributed by atoms with van der Waals surface area (Å²) in [6, 6.07) is 15.8. The van der Waals surface area contributed by atoms with E-state index in [0.29, 0.717) is 11.0 Å². The van der Waals surface area contributed by atoms with Crippen LogP contribution in [-0.4, -0.2) is 52.1 Å². The number of nitrogens with one attached hydrogen (secondary N) is 2. The number of piperidine rings is 1. The molecular formula is C26H27N7O. The Hall–Kier alpha value is -3.78. The second kappa shape index (κ2) is 8.22. The van der Waals surface area contributed by atoms with Crippen molar-refractivity contribution in [2.24, 2.45) is 12.5 Å². The van der Waals surface area contributed by atoms with Crippen LogP contribution >= 0.6 is 0 Å². The van der Waals surface area contributed by atoms with E-state index in [1.54, 1.807) is 16.9 Å². The average Bonchev–Trinajstić information content (AvgIpc) is 3.29. The van der Waals surface area contributed by atoms with Crippen molar-refractivity contribution in [3.63, 3.8) is 0 Å². The molecule has 8 nitrogen and oxygen atoms in total. The normalized spacial score (nSPS) is 17.0. The van der Waals surface area contributed by atoms with Gasteiger partial charge < -0.3 is 15.5 Å². The zero-order valence-electron chi connectivity index (χ0n) is 19.2. The topological polar surface area (TPSA) is 88.0 Å². The summed E-state index contributed by atoms with van der Waals surface area (Å²) in [5, 5.41) is 16.8. The molecule has 4 heterocycles. The van der Waals surface area contributed by atoms with Gasteiger partial charge in [0.1, 0.15) is 11.5 Å². The molecule has 2 aromatic heterocycles. The van der Waals surface area contributed by atoms with Crippen molar-refractivity contribution in [1.29, 1.82) is 0 Å². The molecule has 2 fully saturated rings. The van der Waals surface area contributed by atoms with Gasteiger partial charge in [0, 0.05) is 56.2 Å². The van der Waals surface area contributed by atoms with E-state index >= 15 is 0 Å². The number of carbonyl (C=O) groups is 1. The van der Waals surface area contributed by atoms with Crippen molar-refractivity contribution in [3.05, 3.63) is 66.5 Å². The Morgan fingerprint density at radius 2 is 1.85 bits per heavy atom. The van der Waals surface area contributed by atoms with E-state index in [4.69, 9.17) is 0 Å². The molecule has 8 heteroatoms. The number of benzene rings is 2. The summed E-state index contributed by atoms with van der Waals surface area (Å²) in [6.45, 7) is 4.22. The molecule has 2 N–H and O–H groups in total. The third-order valence-electron chi connectivity index (χ3n) is 7.15. The van der Waals surface area contributed by atoms with Gasteiger partial charge in [0.05, 0.1) is 6.20 Å². The highest BCUT2D eigenvalue weighted by atomic mass is 16.1. The molecule has 2 saturated heterocycles. The summed E-state index contributed by atoms with van der Waals surface area (Å²) in [5.74, 6) is 0.742. The summed E-state index contributed by atoms with van der Waals surface area (Å²) in [7, 11) is 1.85. The van der Waals surface area contributed by atoms with Crippen LogP contribution in [0.3, 0.4) is 0 Å². The average molecular weight is 454 g/mol. The van der Waals surface area contributed by atoms with Gasteiger partial charge in [-0.25, -0.2) is 4.98 Å². The van der Waals surface area contributed by atoms with E-state index in [-0.39, 0.29) is 5.91 Å². The standard InChI is InChI=1S/C26H27N7O/c1-32-15-23(30-31-32)19-3-2-18-4-5-22(13-21(18)12-19)29-25(34)20-6-9-28-24(14-20)33-10-7-26(8-11-33)16-27-17-26/h2-6,9,12-15,27H,7-8,10-11,16-17H2,1H3,(H,29,34). The van der Waals surface area contributed by atoms with Crippen LogP contribution in [-0.2, 0) is 7.05 Å². The van der Waals surface area contributed by atoms with E-state index in [1.165, 1.54) is 12.8 Å². The number of fused-ring (bicyclic) bond motifs is 1. The van der Waals surface area contributed by atoms with Crippen LogP contribution < -0.4 is 15.5 Å². The van der Waals surface area contributed by atoms with Gasteiger partial charge in [0.15, 0.2) is 0 Å². The van der Waals surface area contributed by atoms with Gasteiger partial charge in [-0.05, 0) is 59.4 Å². The van der Waals surface area contributed by atoms with E-state index in [0.717, 1.165) is 59.7 Å². The highest BCUT2D eigenvalue weighted by molar-refractivity contribution is 6.05. The van der Waals surface area contributed by atoms with Gasteiger partial charge in [0.25, 0.3) is 5.91 Å². The molecule has 2 aliphatic rings. The third kappa shape index (κ3) is 3.90.